The van der Waals surface area contributed by atoms with Gasteiger partial charge >= 0.3 is 0 Å². The summed E-state index contributed by atoms with van der Waals surface area (Å²) in [4.78, 5) is 2.50. The van der Waals surface area contributed by atoms with Crippen molar-refractivity contribution in [3.63, 3.8) is 0 Å². The van der Waals surface area contributed by atoms with E-state index in [1.807, 2.05) is 11.8 Å². The maximum Gasteiger partial charge on any atom is 0.0921 e. The lowest BCUT2D eigenvalue weighted by molar-refractivity contribution is 0.210. The second-order valence-corrected chi connectivity index (χ2v) is 5.02. The Morgan fingerprint density at radius 2 is 2.29 bits per heavy atom. The monoisotopic (exact) mass is 215 g/mol. The first-order valence-electron chi connectivity index (χ1n) is 5.38. The van der Waals surface area contributed by atoms with E-state index in [9.17, 15) is 0 Å². The fourth-order valence-corrected chi connectivity index (χ4v) is 2.82. The number of rotatable bonds is 4. The highest BCUT2D eigenvalue weighted by Gasteiger charge is 2.18. The Morgan fingerprint density at radius 1 is 1.50 bits per heavy atom. The van der Waals surface area contributed by atoms with Gasteiger partial charge in [-0.15, -0.1) is 0 Å². The molecule has 1 rings (SSSR count). The van der Waals surface area contributed by atoms with Gasteiger partial charge < -0.3 is 5.73 Å². The molecule has 0 aliphatic carbocycles. The van der Waals surface area contributed by atoms with Crippen molar-refractivity contribution >= 4 is 17.6 Å². The quantitative estimate of drug-likeness (QED) is 0.552. The Morgan fingerprint density at radius 3 is 2.93 bits per heavy atom. The summed E-state index contributed by atoms with van der Waals surface area (Å²) >= 11 is 2.04. The number of amidine groups is 1. The van der Waals surface area contributed by atoms with E-state index in [1.165, 1.54) is 24.5 Å². The molecular formula is C10H21N3S. The zero-order valence-electron chi connectivity index (χ0n) is 8.96. The third-order valence-electron chi connectivity index (χ3n) is 2.70. The standard InChI is InChI=1S/C10H21N3S/c1-2-9(8-10(11)12)13-4-3-6-14-7-5-13/h9H,2-8H2,1H3,(H3,11,12). The van der Waals surface area contributed by atoms with Crippen molar-refractivity contribution in [2.75, 3.05) is 24.6 Å². The minimum Gasteiger partial charge on any atom is -0.388 e. The molecule has 0 spiro atoms. The molecule has 1 heterocycles. The van der Waals surface area contributed by atoms with Gasteiger partial charge in [0.1, 0.15) is 0 Å². The van der Waals surface area contributed by atoms with Gasteiger partial charge in [-0.2, -0.15) is 11.8 Å². The minimum atomic E-state index is 0.328. The minimum absolute atomic E-state index is 0.328. The Bertz CT molecular complexity index is 176. The molecule has 0 aromatic heterocycles. The van der Waals surface area contributed by atoms with Gasteiger partial charge in [-0.1, -0.05) is 6.92 Å². The van der Waals surface area contributed by atoms with Crippen molar-refractivity contribution in [2.24, 2.45) is 5.73 Å². The molecule has 1 saturated heterocycles. The number of nitrogens with zero attached hydrogens (tertiary/aromatic N) is 1. The highest BCUT2D eigenvalue weighted by atomic mass is 32.2. The van der Waals surface area contributed by atoms with Crippen LogP contribution in [0.5, 0.6) is 0 Å². The van der Waals surface area contributed by atoms with E-state index in [1.54, 1.807) is 0 Å². The predicted molar refractivity (Wildman–Crippen MR) is 64.1 cm³/mol. The van der Waals surface area contributed by atoms with Gasteiger partial charge in [0.15, 0.2) is 0 Å². The number of hydrogen-bond acceptors (Lipinski definition) is 3. The Hall–Kier alpha value is -0.220. The molecule has 82 valence electrons. The molecule has 0 amide bonds. The summed E-state index contributed by atoms with van der Waals surface area (Å²) in [6.07, 6.45) is 3.12. The summed E-state index contributed by atoms with van der Waals surface area (Å²) in [6.45, 7) is 4.53. The van der Waals surface area contributed by atoms with Gasteiger partial charge in [-0.05, 0) is 25.1 Å². The van der Waals surface area contributed by atoms with Crippen molar-refractivity contribution in [3.8, 4) is 0 Å². The number of nitrogens with two attached hydrogens (primary N) is 1. The first-order valence-corrected chi connectivity index (χ1v) is 6.54. The molecule has 0 saturated carbocycles. The van der Waals surface area contributed by atoms with E-state index in [0.717, 1.165) is 19.4 Å². The van der Waals surface area contributed by atoms with E-state index >= 15 is 0 Å². The molecule has 3 N–H and O–H groups in total. The average molecular weight is 215 g/mol. The van der Waals surface area contributed by atoms with Crippen molar-refractivity contribution < 1.29 is 0 Å². The predicted octanol–water partition coefficient (Wildman–Crippen LogP) is 1.53. The zero-order chi connectivity index (χ0) is 10.4. The maximum atomic E-state index is 7.35. The lowest BCUT2D eigenvalue weighted by atomic mass is 10.1. The summed E-state index contributed by atoms with van der Waals surface area (Å²) in [5, 5.41) is 7.35. The third-order valence-corrected chi connectivity index (χ3v) is 3.75. The lowest BCUT2D eigenvalue weighted by Gasteiger charge is -2.29. The first-order chi connectivity index (χ1) is 6.74. The Balaban J connectivity index is 2.44. The molecule has 1 aliphatic heterocycles. The van der Waals surface area contributed by atoms with E-state index in [4.69, 9.17) is 11.1 Å². The van der Waals surface area contributed by atoms with Gasteiger partial charge in [0.05, 0.1) is 5.84 Å². The number of thioether (sulfide) groups is 1. The second kappa shape index (κ2) is 6.30. The van der Waals surface area contributed by atoms with Gasteiger partial charge in [-0.25, -0.2) is 0 Å². The first kappa shape index (κ1) is 11.9. The largest absolute Gasteiger partial charge is 0.388 e. The molecule has 0 radical (unpaired) electrons. The van der Waals surface area contributed by atoms with Crippen LogP contribution < -0.4 is 5.73 Å². The van der Waals surface area contributed by atoms with E-state index in [-0.39, 0.29) is 0 Å². The van der Waals surface area contributed by atoms with Gasteiger partial charge in [0.25, 0.3) is 0 Å². The van der Waals surface area contributed by atoms with Crippen LogP contribution in [0.4, 0.5) is 0 Å². The molecule has 1 unspecified atom stereocenters. The number of hydrogen-bond donors (Lipinski definition) is 2. The SMILES string of the molecule is CCC(CC(=N)N)N1CCCSCC1. The van der Waals surface area contributed by atoms with E-state index < -0.39 is 0 Å². The van der Waals surface area contributed by atoms with Crippen LogP contribution in [0.3, 0.4) is 0 Å². The summed E-state index contributed by atoms with van der Waals surface area (Å²) in [5.41, 5.74) is 5.47. The maximum absolute atomic E-state index is 7.35. The fraction of sp³-hybridized carbons (Fsp3) is 0.900. The molecule has 4 heteroatoms. The van der Waals surface area contributed by atoms with Gasteiger partial charge in [-0.3, -0.25) is 10.3 Å². The molecule has 14 heavy (non-hydrogen) atoms. The molecule has 0 aromatic carbocycles. The van der Waals surface area contributed by atoms with Crippen LogP contribution in [0, 0.1) is 5.41 Å². The van der Waals surface area contributed by atoms with Crippen molar-refractivity contribution in [2.45, 2.75) is 32.2 Å². The smallest absolute Gasteiger partial charge is 0.0921 e. The average Bonchev–Trinajstić information content (AvgIpc) is 2.41. The second-order valence-electron chi connectivity index (χ2n) is 3.79. The highest BCUT2D eigenvalue weighted by Crippen LogP contribution is 2.15. The molecular weight excluding hydrogens is 194 g/mol. The van der Waals surface area contributed by atoms with Crippen LogP contribution >= 0.6 is 11.8 Å². The van der Waals surface area contributed by atoms with E-state index in [2.05, 4.69) is 11.8 Å². The highest BCUT2D eigenvalue weighted by molar-refractivity contribution is 7.99. The Kier molecular flexibility index (Phi) is 5.33. The van der Waals surface area contributed by atoms with Crippen LogP contribution in [-0.4, -0.2) is 41.4 Å². The van der Waals surface area contributed by atoms with Crippen LogP contribution in [0.1, 0.15) is 26.2 Å². The lowest BCUT2D eigenvalue weighted by Crippen LogP contribution is -2.39. The molecule has 0 bridgehead atoms. The van der Waals surface area contributed by atoms with Crippen molar-refractivity contribution in [1.29, 1.82) is 5.41 Å². The van der Waals surface area contributed by atoms with Crippen LogP contribution in [0.2, 0.25) is 0 Å². The molecule has 1 fully saturated rings. The van der Waals surface area contributed by atoms with Crippen LogP contribution in [0.15, 0.2) is 0 Å². The zero-order valence-corrected chi connectivity index (χ0v) is 9.78. The summed E-state index contributed by atoms with van der Waals surface area (Å²) in [5.74, 6) is 2.84. The Labute approximate surface area is 90.9 Å². The van der Waals surface area contributed by atoms with Gasteiger partial charge in [0, 0.05) is 24.8 Å². The summed E-state index contributed by atoms with van der Waals surface area (Å²) in [7, 11) is 0. The van der Waals surface area contributed by atoms with Crippen LogP contribution in [0.25, 0.3) is 0 Å². The normalized spacial score (nSPS) is 21.5. The van der Waals surface area contributed by atoms with Gasteiger partial charge in [0.2, 0.25) is 0 Å². The van der Waals surface area contributed by atoms with Crippen LogP contribution in [-0.2, 0) is 0 Å². The molecule has 1 atom stereocenters. The fourth-order valence-electron chi connectivity index (χ4n) is 1.92. The van der Waals surface area contributed by atoms with Crippen molar-refractivity contribution in [1.82, 2.24) is 4.90 Å². The topological polar surface area (TPSA) is 53.1 Å². The van der Waals surface area contributed by atoms with Crippen molar-refractivity contribution in [3.05, 3.63) is 0 Å². The molecule has 0 aromatic rings. The molecule has 1 aliphatic rings. The summed E-state index contributed by atoms with van der Waals surface area (Å²) in [6, 6.07) is 0.492. The number of nitrogens with one attached hydrogen (secondary N) is 1. The summed E-state index contributed by atoms with van der Waals surface area (Å²) < 4.78 is 0. The third kappa shape index (κ3) is 3.88. The molecule has 3 nitrogen and oxygen atoms in total. The van der Waals surface area contributed by atoms with E-state index in [0.29, 0.717) is 11.9 Å².